The van der Waals surface area contributed by atoms with Crippen molar-refractivity contribution in [2.24, 2.45) is 0 Å². The van der Waals surface area contributed by atoms with Crippen LogP contribution in [0.5, 0.6) is 5.75 Å². The number of carbonyl (C=O) groups excluding carboxylic acids is 2. The maximum Gasteiger partial charge on any atom is 0.407 e. The van der Waals surface area contributed by atoms with Gasteiger partial charge in [-0.15, -0.1) is 0 Å². The van der Waals surface area contributed by atoms with Crippen molar-refractivity contribution in [3.63, 3.8) is 0 Å². The first kappa shape index (κ1) is 25.6. The summed E-state index contributed by atoms with van der Waals surface area (Å²) in [5, 5.41) is 8.29. The van der Waals surface area contributed by atoms with Crippen LogP contribution in [0.2, 0.25) is 0 Å². The Balaban J connectivity index is 0.00000167. The molecular weight excluding hydrogens is 450 g/mol. The van der Waals surface area contributed by atoms with Crippen molar-refractivity contribution in [2.75, 3.05) is 31.0 Å². The summed E-state index contributed by atoms with van der Waals surface area (Å²) in [5.41, 5.74) is 3.63. The van der Waals surface area contributed by atoms with Crippen LogP contribution in [0.3, 0.4) is 0 Å². The number of alkyl carbamates (subject to hydrolysis) is 1. The second-order valence-electron chi connectivity index (χ2n) is 7.40. The van der Waals surface area contributed by atoms with E-state index in [0.29, 0.717) is 36.8 Å². The van der Waals surface area contributed by atoms with Gasteiger partial charge in [-0.2, -0.15) is 0 Å². The standard InChI is InChI=1S/C23H25N5O5.C2H6/c1-31-21-10-17(5-6-19(21)20-12-24-14-26-20)28-22(29)27-16-4-2-3-15(9-16)11-25-23(30)33-18-7-8-32-13-18;1-2/h2-6,9-10,12,14,18H,7-8,11,13H2,1H3,(H,24,26)(H,25,30)(H2,27,28,29);1-2H3/t18-;/m0./s1. The number of imidazole rings is 1. The van der Waals surface area contributed by atoms with Crippen molar-refractivity contribution in [3.05, 3.63) is 60.6 Å². The lowest BCUT2D eigenvalue weighted by atomic mass is 10.1. The third-order valence-corrected chi connectivity index (χ3v) is 5.03. The van der Waals surface area contributed by atoms with Gasteiger partial charge in [0.05, 0.1) is 38.5 Å². The van der Waals surface area contributed by atoms with Crippen LogP contribution in [0.25, 0.3) is 11.3 Å². The maximum atomic E-state index is 12.5. The largest absolute Gasteiger partial charge is 0.496 e. The van der Waals surface area contributed by atoms with Crippen LogP contribution in [-0.4, -0.2) is 48.5 Å². The summed E-state index contributed by atoms with van der Waals surface area (Å²) in [7, 11) is 1.57. The molecular formula is C25H31N5O5. The fourth-order valence-corrected chi connectivity index (χ4v) is 3.42. The minimum Gasteiger partial charge on any atom is -0.496 e. The van der Waals surface area contributed by atoms with Crippen molar-refractivity contribution in [2.45, 2.75) is 32.9 Å². The molecule has 0 bridgehead atoms. The molecule has 0 radical (unpaired) electrons. The zero-order valence-electron chi connectivity index (χ0n) is 20.1. The molecule has 0 spiro atoms. The second-order valence-corrected chi connectivity index (χ2v) is 7.40. The molecule has 1 aliphatic heterocycles. The highest BCUT2D eigenvalue weighted by Crippen LogP contribution is 2.31. The quantitative estimate of drug-likeness (QED) is 0.385. The first-order chi connectivity index (χ1) is 17.1. The minimum atomic E-state index is -0.492. The predicted molar refractivity (Wildman–Crippen MR) is 134 cm³/mol. The Morgan fingerprint density at radius 2 is 1.94 bits per heavy atom. The van der Waals surface area contributed by atoms with Crippen molar-refractivity contribution in [3.8, 4) is 17.0 Å². The van der Waals surface area contributed by atoms with Crippen LogP contribution in [0.4, 0.5) is 21.0 Å². The van der Waals surface area contributed by atoms with Crippen LogP contribution in [0.1, 0.15) is 25.8 Å². The number of hydrogen-bond donors (Lipinski definition) is 4. The number of nitrogens with zero attached hydrogens (tertiary/aromatic N) is 1. The molecule has 2 aromatic carbocycles. The number of aromatic nitrogens is 2. The number of amides is 3. The Morgan fingerprint density at radius 1 is 1.14 bits per heavy atom. The van der Waals surface area contributed by atoms with Gasteiger partial charge in [0.15, 0.2) is 0 Å². The molecule has 3 aromatic rings. The maximum absolute atomic E-state index is 12.5. The topological polar surface area (TPSA) is 127 Å². The monoisotopic (exact) mass is 481 g/mol. The zero-order chi connectivity index (χ0) is 25.0. The number of methoxy groups -OCH3 is 1. The highest BCUT2D eigenvalue weighted by molar-refractivity contribution is 6.00. The lowest BCUT2D eigenvalue weighted by Gasteiger charge is -2.13. The lowest BCUT2D eigenvalue weighted by Crippen LogP contribution is -2.28. The van der Waals surface area contributed by atoms with Crippen LogP contribution in [-0.2, 0) is 16.0 Å². The average Bonchev–Trinajstić information content (AvgIpc) is 3.59. The summed E-state index contributed by atoms with van der Waals surface area (Å²) in [6.45, 7) is 5.31. The van der Waals surface area contributed by atoms with Gasteiger partial charge < -0.3 is 35.1 Å². The van der Waals surface area contributed by atoms with E-state index in [-0.39, 0.29) is 12.6 Å². The SMILES string of the molecule is CC.COc1cc(NC(=O)Nc2cccc(CNC(=O)O[C@H]3CCOC3)c2)ccc1-c1cnc[nH]1. The van der Waals surface area contributed by atoms with E-state index >= 15 is 0 Å². The molecule has 1 aromatic heterocycles. The van der Waals surface area contributed by atoms with Crippen LogP contribution in [0.15, 0.2) is 55.0 Å². The first-order valence-corrected chi connectivity index (χ1v) is 11.5. The number of H-pyrrole nitrogens is 1. The lowest BCUT2D eigenvalue weighted by molar-refractivity contribution is 0.0828. The summed E-state index contributed by atoms with van der Waals surface area (Å²) >= 11 is 0. The number of nitrogens with one attached hydrogen (secondary N) is 4. The van der Waals surface area contributed by atoms with Crippen LogP contribution >= 0.6 is 0 Å². The van der Waals surface area contributed by atoms with E-state index in [9.17, 15) is 9.59 Å². The fourth-order valence-electron chi connectivity index (χ4n) is 3.42. The highest BCUT2D eigenvalue weighted by atomic mass is 16.6. The van der Waals surface area contributed by atoms with Gasteiger partial charge in [-0.1, -0.05) is 26.0 Å². The number of benzene rings is 2. The van der Waals surface area contributed by atoms with Gasteiger partial charge in [-0.3, -0.25) is 0 Å². The number of ether oxygens (including phenoxy) is 3. The zero-order valence-corrected chi connectivity index (χ0v) is 20.1. The summed E-state index contributed by atoms with van der Waals surface area (Å²) in [5.74, 6) is 0.598. The van der Waals surface area contributed by atoms with Gasteiger partial charge in [-0.25, -0.2) is 14.6 Å². The van der Waals surface area contributed by atoms with Crippen molar-refractivity contribution >= 4 is 23.5 Å². The summed E-state index contributed by atoms with van der Waals surface area (Å²) in [6.07, 6.45) is 3.30. The number of anilines is 2. The Kier molecular flexibility index (Phi) is 9.49. The van der Waals surface area contributed by atoms with Crippen molar-refractivity contribution in [1.82, 2.24) is 15.3 Å². The second kappa shape index (κ2) is 13.0. The molecule has 4 N–H and O–H groups in total. The van der Waals surface area contributed by atoms with Gasteiger partial charge in [0.2, 0.25) is 0 Å². The number of urea groups is 1. The van der Waals surface area contributed by atoms with Crippen LogP contribution < -0.4 is 20.7 Å². The smallest absolute Gasteiger partial charge is 0.407 e. The first-order valence-electron chi connectivity index (χ1n) is 11.5. The molecule has 1 atom stereocenters. The van der Waals surface area contributed by atoms with Gasteiger partial charge in [0.1, 0.15) is 11.9 Å². The summed E-state index contributed by atoms with van der Waals surface area (Å²) in [4.78, 5) is 31.4. The summed E-state index contributed by atoms with van der Waals surface area (Å²) < 4.78 is 15.9. The average molecular weight is 482 g/mol. The van der Waals surface area contributed by atoms with Gasteiger partial charge >= 0.3 is 12.1 Å². The molecule has 10 nitrogen and oxygen atoms in total. The molecule has 0 saturated carbocycles. The minimum absolute atomic E-state index is 0.200. The molecule has 0 unspecified atom stereocenters. The molecule has 186 valence electrons. The highest BCUT2D eigenvalue weighted by Gasteiger charge is 2.19. The van der Waals surface area contributed by atoms with E-state index in [1.165, 1.54) is 0 Å². The molecule has 35 heavy (non-hydrogen) atoms. The number of hydrogen-bond acceptors (Lipinski definition) is 6. The molecule has 0 aliphatic carbocycles. The Labute approximate surface area is 204 Å². The normalized spacial score (nSPS) is 14.3. The van der Waals surface area contributed by atoms with E-state index in [1.807, 2.05) is 26.0 Å². The van der Waals surface area contributed by atoms with Crippen molar-refractivity contribution < 1.29 is 23.8 Å². The van der Waals surface area contributed by atoms with E-state index in [1.54, 1.807) is 50.0 Å². The molecule has 1 aliphatic rings. The number of carbonyl (C=O) groups is 2. The van der Waals surface area contributed by atoms with E-state index < -0.39 is 12.1 Å². The fraction of sp³-hybridized carbons (Fsp3) is 0.320. The van der Waals surface area contributed by atoms with Gasteiger partial charge in [-0.05, 0) is 29.8 Å². The predicted octanol–water partition coefficient (Wildman–Crippen LogP) is 4.77. The van der Waals surface area contributed by atoms with Gasteiger partial charge in [0, 0.05) is 36.0 Å². The number of aromatic amines is 1. The molecule has 3 amide bonds. The van der Waals surface area contributed by atoms with E-state index in [2.05, 4.69) is 25.9 Å². The Morgan fingerprint density at radius 3 is 2.63 bits per heavy atom. The van der Waals surface area contributed by atoms with Crippen molar-refractivity contribution in [1.29, 1.82) is 0 Å². The Hall–Kier alpha value is -4.05. The summed E-state index contributed by atoms with van der Waals surface area (Å²) in [6, 6.07) is 12.1. The molecule has 1 saturated heterocycles. The van der Waals surface area contributed by atoms with E-state index in [4.69, 9.17) is 14.2 Å². The van der Waals surface area contributed by atoms with Crippen LogP contribution in [0, 0.1) is 0 Å². The van der Waals surface area contributed by atoms with Gasteiger partial charge in [0.25, 0.3) is 0 Å². The van der Waals surface area contributed by atoms with E-state index in [0.717, 1.165) is 16.8 Å². The molecule has 4 rings (SSSR count). The Bertz CT molecular complexity index is 1100. The molecule has 1 fully saturated rings. The third kappa shape index (κ3) is 7.47. The third-order valence-electron chi connectivity index (χ3n) is 5.03. The molecule has 10 heteroatoms. The number of rotatable bonds is 7. The molecule has 2 heterocycles.